The Hall–Kier alpha value is -1.44. The third-order valence-corrected chi connectivity index (χ3v) is 2.99. The highest BCUT2D eigenvalue weighted by molar-refractivity contribution is 5.52. The molecule has 2 heterocycles. The lowest BCUT2D eigenvalue weighted by Crippen LogP contribution is -2.28. The Morgan fingerprint density at radius 1 is 0.929 bits per heavy atom. The first-order chi connectivity index (χ1) is 6.95. The van der Waals surface area contributed by atoms with Crippen molar-refractivity contribution in [3.05, 3.63) is 46.8 Å². The molecule has 2 heteroatoms. The van der Waals surface area contributed by atoms with Gasteiger partial charge in [-0.15, -0.1) is 0 Å². The molecule has 3 aliphatic rings. The molecule has 2 N–H and O–H groups in total. The van der Waals surface area contributed by atoms with E-state index in [4.69, 9.17) is 0 Å². The first-order valence-corrected chi connectivity index (χ1v) is 5.22. The van der Waals surface area contributed by atoms with Crippen molar-refractivity contribution in [3.8, 4) is 0 Å². The highest BCUT2D eigenvalue weighted by atomic mass is 14.9. The van der Waals surface area contributed by atoms with Crippen LogP contribution in [0, 0.1) is 0 Å². The minimum absolute atomic E-state index is 0.962. The van der Waals surface area contributed by atoms with Gasteiger partial charge in [-0.3, -0.25) is 0 Å². The summed E-state index contributed by atoms with van der Waals surface area (Å²) in [5.41, 5.74) is 5.59. The molecule has 0 radical (unpaired) electrons. The summed E-state index contributed by atoms with van der Waals surface area (Å²) >= 11 is 0. The molecule has 14 heavy (non-hydrogen) atoms. The zero-order valence-corrected chi connectivity index (χ0v) is 8.14. The third-order valence-electron chi connectivity index (χ3n) is 2.99. The van der Waals surface area contributed by atoms with E-state index in [1.165, 1.54) is 29.0 Å². The van der Waals surface area contributed by atoms with Gasteiger partial charge in [0.15, 0.2) is 0 Å². The topological polar surface area (TPSA) is 24.1 Å². The molecule has 72 valence electrons. The first-order valence-electron chi connectivity index (χ1n) is 5.22. The molecule has 1 aliphatic carbocycles. The van der Waals surface area contributed by atoms with E-state index in [9.17, 15) is 0 Å². The molecule has 2 aliphatic heterocycles. The Kier molecular flexibility index (Phi) is 1.72. The van der Waals surface area contributed by atoms with Crippen LogP contribution in [0.4, 0.5) is 0 Å². The quantitative estimate of drug-likeness (QED) is 0.600. The van der Waals surface area contributed by atoms with E-state index in [-0.39, 0.29) is 0 Å². The van der Waals surface area contributed by atoms with Gasteiger partial charge >= 0.3 is 0 Å². The van der Waals surface area contributed by atoms with E-state index in [2.05, 4.69) is 34.9 Å². The number of rotatable bonds is 0. The summed E-state index contributed by atoms with van der Waals surface area (Å²) in [4.78, 5) is 0. The summed E-state index contributed by atoms with van der Waals surface area (Å²) in [6.45, 7) is 1.95. The second-order valence-corrected chi connectivity index (χ2v) is 3.86. The maximum absolute atomic E-state index is 3.46. The molecule has 0 aromatic rings. The van der Waals surface area contributed by atoms with E-state index in [0.717, 1.165) is 19.5 Å². The number of dihydropyridines is 2. The lowest BCUT2D eigenvalue weighted by atomic mass is 9.90. The van der Waals surface area contributed by atoms with Crippen molar-refractivity contribution < 1.29 is 0 Å². The Morgan fingerprint density at radius 3 is 2.79 bits per heavy atom. The number of allylic oxidation sites excluding steroid dienone is 4. The normalized spacial score (nSPS) is 24.0. The highest BCUT2D eigenvalue weighted by Crippen LogP contribution is 2.31. The van der Waals surface area contributed by atoms with E-state index < -0.39 is 0 Å². The van der Waals surface area contributed by atoms with Gasteiger partial charge in [0.05, 0.1) is 0 Å². The van der Waals surface area contributed by atoms with Gasteiger partial charge in [0.25, 0.3) is 0 Å². The lowest BCUT2D eigenvalue weighted by Gasteiger charge is -2.28. The van der Waals surface area contributed by atoms with Crippen LogP contribution in [0.1, 0.15) is 12.8 Å². The van der Waals surface area contributed by atoms with Crippen LogP contribution in [0.3, 0.4) is 0 Å². The molecule has 0 atom stereocenters. The van der Waals surface area contributed by atoms with Gasteiger partial charge in [0.1, 0.15) is 0 Å². The van der Waals surface area contributed by atoms with E-state index >= 15 is 0 Å². The molecule has 0 spiro atoms. The molecular formula is C12H14N2. The fraction of sp³-hybridized carbons (Fsp3) is 0.333. The number of fused-ring (bicyclic) bond motifs is 1. The average molecular weight is 186 g/mol. The molecule has 0 aromatic heterocycles. The smallest absolute Gasteiger partial charge is 0.0466 e. The summed E-state index contributed by atoms with van der Waals surface area (Å²) in [7, 11) is 0. The predicted molar refractivity (Wildman–Crippen MR) is 57.6 cm³/mol. The minimum atomic E-state index is 0.962. The van der Waals surface area contributed by atoms with Crippen molar-refractivity contribution in [2.24, 2.45) is 0 Å². The van der Waals surface area contributed by atoms with Gasteiger partial charge in [-0.05, 0) is 18.4 Å². The maximum atomic E-state index is 3.46. The van der Waals surface area contributed by atoms with Crippen molar-refractivity contribution in [1.29, 1.82) is 0 Å². The summed E-state index contributed by atoms with van der Waals surface area (Å²) in [5.74, 6) is 0. The standard InChI is InChI=1S/C12H14N2/c1-3-9-5-6-11-10(4-2-7-13-11)12(9)14-8-1/h1-4,13-14H,5-8H2. The summed E-state index contributed by atoms with van der Waals surface area (Å²) < 4.78 is 0. The largest absolute Gasteiger partial charge is 0.384 e. The molecule has 0 saturated heterocycles. The Bertz CT molecular complexity index is 383. The highest BCUT2D eigenvalue weighted by Gasteiger charge is 2.21. The fourth-order valence-electron chi connectivity index (χ4n) is 2.31. The zero-order chi connectivity index (χ0) is 9.38. The third kappa shape index (κ3) is 1.10. The SMILES string of the molecule is C1=CC2=C(CCC3=C2NCC=C3)NC1. The van der Waals surface area contributed by atoms with Crippen LogP contribution < -0.4 is 10.6 Å². The Labute approximate surface area is 84.1 Å². The molecule has 0 saturated carbocycles. The van der Waals surface area contributed by atoms with Crippen molar-refractivity contribution in [2.45, 2.75) is 12.8 Å². The molecule has 0 fully saturated rings. The molecule has 0 unspecified atom stereocenters. The number of nitrogens with one attached hydrogen (secondary N) is 2. The fourth-order valence-corrected chi connectivity index (χ4v) is 2.31. The van der Waals surface area contributed by atoms with Crippen molar-refractivity contribution in [1.82, 2.24) is 10.6 Å². The average Bonchev–Trinajstić information content (AvgIpc) is 2.29. The van der Waals surface area contributed by atoms with Gasteiger partial charge in [-0.1, -0.05) is 24.3 Å². The summed E-state index contributed by atoms with van der Waals surface area (Å²) in [6.07, 6.45) is 11.2. The molecule has 0 aromatic carbocycles. The van der Waals surface area contributed by atoms with Crippen LogP contribution >= 0.6 is 0 Å². The van der Waals surface area contributed by atoms with E-state index in [1.54, 1.807) is 0 Å². The summed E-state index contributed by atoms with van der Waals surface area (Å²) in [5, 5.41) is 6.91. The van der Waals surface area contributed by atoms with Crippen LogP contribution in [0.5, 0.6) is 0 Å². The van der Waals surface area contributed by atoms with Gasteiger partial charge < -0.3 is 10.6 Å². The Balaban J connectivity index is 2.08. The van der Waals surface area contributed by atoms with Gasteiger partial charge in [0, 0.05) is 30.1 Å². The maximum Gasteiger partial charge on any atom is 0.0466 e. The lowest BCUT2D eigenvalue weighted by molar-refractivity contribution is 0.726. The number of hydrogen-bond donors (Lipinski definition) is 2. The minimum Gasteiger partial charge on any atom is -0.384 e. The first kappa shape index (κ1) is 7.92. The van der Waals surface area contributed by atoms with Crippen molar-refractivity contribution >= 4 is 0 Å². The van der Waals surface area contributed by atoms with Crippen LogP contribution in [-0.2, 0) is 0 Å². The second kappa shape index (κ2) is 3.05. The molecular weight excluding hydrogens is 172 g/mol. The van der Waals surface area contributed by atoms with E-state index in [1.807, 2.05) is 0 Å². The molecule has 2 nitrogen and oxygen atoms in total. The van der Waals surface area contributed by atoms with Crippen LogP contribution in [-0.4, -0.2) is 13.1 Å². The van der Waals surface area contributed by atoms with Crippen molar-refractivity contribution in [3.63, 3.8) is 0 Å². The predicted octanol–water partition coefficient (Wildman–Crippen LogP) is 1.61. The van der Waals surface area contributed by atoms with Crippen LogP contribution in [0.15, 0.2) is 46.8 Å². The van der Waals surface area contributed by atoms with Gasteiger partial charge in [-0.2, -0.15) is 0 Å². The zero-order valence-electron chi connectivity index (χ0n) is 8.14. The molecule has 0 bridgehead atoms. The van der Waals surface area contributed by atoms with Gasteiger partial charge in [0.2, 0.25) is 0 Å². The monoisotopic (exact) mass is 186 g/mol. The van der Waals surface area contributed by atoms with E-state index in [0.29, 0.717) is 0 Å². The molecule has 0 amide bonds. The second-order valence-electron chi connectivity index (χ2n) is 3.86. The number of hydrogen-bond acceptors (Lipinski definition) is 2. The Morgan fingerprint density at radius 2 is 1.79 bits per heavy atom. The van der Waals surface area contributed by atoms with Crippen LogP contribution in [0.2, 0.25) is 0 Å². The van der Waals surface area contributed by atoms with Crippen LogP contribution in [0.25, 0.3) is 0 Å². The molecule has 3 rings (SSSR count). The van der Waals surface area contributed by atoms with Gasteiger partial charge in [-0.25, -0.2) is 0 Å². The summed E-state index contributed by atoms with van der Waals surface area (Å²) in [6, 6.07) is 0. The van der Waals surface area contributed by atoms with Crippen molar-refractivity contribution in [2.75, 3.05) is 13.1 Å².